The summed E-state index contributed by atoms with van der Waals surface area (Å²) in [5.74, 6) is 0.569. The van der Waals surface area contributed by atoms with Gasteiger partial charge in [0.05, 0.1) is 18.8 Å². The van der Waals surface area contributed by atoms with E-state index in [0.29, 0.717) is 22.4 Å². The predicted octanol–water partition coefficient (Wildman–Crippen LogP) is 3.49. The average Bonchev–Trinajstić information content (AvgIpc) is 3.04. The van der Waals surface area contributed by atoms with E-state index < -0.39 is 0 Å². The minimum Gasteiger partial charge on any atom is -0.467 e. The number of carbonyl (C=O) groups excluding carboxylic acids is 1. The molecule has 0 aliphatic rings. The molecule has 0 saturated carbocycles. The van der Waals surface area contributed by atoms with Gasteiger partial charge >= 0.3 is 0 Å². The molecule has 2 aromatic rings. The van der Waals surface area contributed by atoms with Crippen LogP contribution in [0.25, 0.3) is 0 Å². The van der Waals surface area contributed by atoms with Gasteiger partial charge in [0.1, 0.15) is 12.3 Å². The van der Waals surface area contributed by atoms with Gasteiger partial charge in [0.2, 0.25) is 5.91 Å². The first-order chi connectivity index (χ1) is 11.5. The van der Waals surface area contributed by atoms with E-state index in [9.17, 15) is 4.79 Å². The summed E-state index contributed by atoms with van der Waals surface area (Å²) in [5, 5.41) is 6.76. The number of guanidine groups is 1. The molecular weight excluding hydrogens is 478 g/mol. The topological polar surface area (TPSA) is 92.6 Å². The van der Waals surface area contributed by atoms with Gasteiger partial charge in [0.15, 0.2) is 5.96 Å². The fraction of sp³-hybridized carbons (Fsp3) is 0.250. The maximum atomic E-state index is 11.7. The van der Waals surface area contributed by atoms with E-state index >= 15 is 0 Å². The Morgan fingerprint density at radius 3 is 2.76 bits per heavy atom. The number of furan rings is 1. The molecule has 1 aromatic heterocycles. The van der Waals surface area contributed by atoms with Crippen LogP contribution in [0.15, 0.2) is 46.0 Å². The van der Waals surface area contributed by atoms with Crippen molar-refractivity contribution in [3.8, 4) is 0 Å². The van der Waals surface area contributed by atoms with Crippen molar-refractivity contribution in [3.05, 3.63) is 58.0 Å². The normalized spacial score (nSPS) is 12.2. The third kappa shape index (κ3) is 7.13. The Kier molecular flexibility index (Phi) is 9.09. The molecule has 25 heavy (non-hydrogen) atoms. The molecule has 6 nitrogen and oxygen atoms in total. The van der Waals surface area contributed by atoms with E-state index in [-0.39, 0.29) is 48.4 Å². The largest absolute Gasteiger partial charge is 0.467 e. The molecule has 0 fully saturated rings. The monoisotopic (exact) mass is 496 g/mol. The van der Waals surface area contributed by atoms with Crippen molar-refractivity contribution in [2.75, 3.05) is 6.54 Å². The number of benzene rings is 1. The molecule has 1 heterocycles. The number of aliphatic imine (C=N–C) groups is 1. The number of nitrogens with zero attached hydrogens (tertiary/aromatic N) is 1. The van der Waals surface area contributed by atoms with Gasteiger partial charge in [0.25, 0.3) is 0 Å². The molecule has 1 unspecified atom stereocenters. The number of hydrogen-bond acceptors (Lipinski definition) is 3. The van der Waals surface area contributed by atoms with E-state index in [4.69, 9.17) is 33.4 Å². The Labute approximate surface area is 173 Å². The fourth-order valence-corrected chi connectivity index (χ4v) is 2.58. The van der Waals surface area contributed by atoms with Crippen LogP contribution >= 0.6 is 47.2 Å². The maximum absolute atomic E-state index is 11.7. The summed E-state index contributed by atoms with van der Waals surface area (Å²) in [6.45, 7) is 2.11. The molecular formula is C16H19Cl2IN4O2. The first-order valence-electron chi connectivity index (χ1n) is 7.26. The van der Waals surface area contributed by atoms with E-state index in [1.807, 2.05) is 13.0 Å². The van der Waals surface area contributed by atoms with Crippen LogP contribution in [0.4, 0.5) is 0 Å². The lowest BCUT2D eigenvalue weighted by Crippen LogP contribution is -2.35. The van der Waals surface area contributed by atoms with Crippen molar-refractivity contribution in [2.24, 2.45) is 10.7 Å². The van der Waals surface area contributed by atoms with Gasteiger partial charge in [-0.1, -0.05) is 29.3 Å². The van der Waals surface area contributed by atoms with Gasteiger partial charge in [-0.25, -0.2) is 4.99 Å². The second kappa shape index (κ2) is 10.5. The predicted molar refractivity (Wildman–Crippen MR) is 110 cm³/mol. The summed E-state index contributed by atoms with van der Waals surface area (Å²) in [6.07, 6.45) is 1.55. The molecule has 136 valence electrons. The third-order valence-electron chi connectivity index (χ3n) is 3.23. The highest BCUT2D eigenvalue weighted by Gasteiger charge is 2.11. The second-order valence-corrected chi connectivity index (χ2v) is 5.93. The summed E-state index contributed by atoms with van der Waals surface area (Å²) in [6, 6.07) is 8.57. The molecule has 0 bridgehead atoms. The van der Waals surface area contributed by atoms with Crippen LogP contribution in [-0.4, -0.2) is 18.4 Å². The number of carbonyl (C=O) groups is 1. The molecule has 0 aliphatic carbocycles. The Hall–Kier alpha value is -1.45. The SMILES string of the molecule is CC(NC(N)=NCC(=O)NCc1ccco1)c1ccc(Cl)cc1Cl.I. The number of halogens is 3. The number of rotatable bonds is 6. The van der Waals surface area contributed by atoms with Crippen molar-refractivity contribution in [3.63, 3.8) is 0 Å². The lowest BCUT2D eigenvalue weighted by Gasteiger charge is -2.16. The zero-order valence-electron chi connectivity index (χ0n) is 13.5. The summed E-state index contributed by atoms with van der Waals surface area (Å²) in [7, 11) is 0. The molecule has 0 aliphatic heterocycles. The first kappa shape index (κ1) is 21.6. The Balaban J connectivity index is 0.00000312. The van der Waals surface area contributed by atoms with Crippen LogP contribution < -0.4 is 16.4 Å². The van der Waals surface area contributed by atoms with Crippen LogP contribution in [0.1, 0.15) is 24.3 Å². The van der Waals surface area contributed by atoms with Gasteiger partial charge < -0.3 is 20.8 Å². The van der Waals surface area contributed by atoms with Crippen molar-refractivity contribution in [1.29, 1.82) is 0 Å². The Bertz CT molecular complexity index is 723. The fourth-order valence-electron chi connectivity index (χ4n) is 2.01. The molecule has 2 rings (SSSR count). The Morgan fingerprint density at radius 2 is 2.12 bits per heavy atom. The zero-order valence-corrected chi connectivity index (χ0v) is 17.3. The smallest absolute Gasteiger partial charge is 0.242 e. The number of nitrogens with two attached hydrogens (primary N) is 1. The van der Waals surface area contributed by atoms with Crippen molar-refractivity contribution in [2.45, 2.75) is 19.5 Å². The van der Waals surface area contributed by atoms with Crippen molar-refractivity contribution < 1.29 is 9.21 Å². The summed E-state index contributed by atoms with van der Waals surface area (Å²) in [4.78, 5) is 15.7. The quantitative estimate of drug-likeness (QED) is 0.324. The molecule has 0 spiro atoms. The second-order valence-electron chi connectivity index (χ2n) is 5.09. The first-order valence-corrected chi connectivity index (χ1v) is 8.02. The van der Waals surface area contributed by atoms with Gasteiger partial charge in [-0.3, -0.25) is 4.79 Å². The molecule has 0 radical (unpaired) electrons. The molecule has 1 aromatic carbocycles. The Morgan fingerprint density at radius 1 is 1.36 bits per heavy atom. The number of hydrogen-bond donors (Lipinski definition) is 3. The molecule has 4 N–H and O–H groups in total. The highest BCUT2D eigenvalue weighted by molar-refractivity contribution is 14.0. The molecule has 0 saturated heterocycles. The van der Waals surface area contributed by atoms with E-state index in [2.05, 4.69) is 15.6 Å². The molecule has 1 amide bonds. The molecule has 9 heteroatoms. The lowest BCUT2D eigenvalue weighted by atomic mass is 10.1. The minimum atomic E-state index is -0.256. The third-order valence-corrected chi connectivity index (χ3v) is 3.79. The number of amides is 1. The average molecular weight is 497 g/mol. The van der Waals surface area contributed by atoms with E-state index in [1.54, 1.807) is 30.5 Å². The van der Waals surface area contributed by atoms with Crippen LogP contribution in [0.3, 0.4) is 0 Å². The lowest BCUT2D eigenvalue weighted by molar-refractivity contribution is -0.119. The van der Waals surface area contributed by atoms with Crippen LogP contribution in [0.5, 0.6) is 0 Å². The van der Waals surface area contributed by atoms with Crippen molar-refractivity contribution in [1.82, 2.24) is 10.6 Å². The maximum Gasteiger partial charge on any atom is 0.242 e. The van der Waals surface area contributed by atoms with Crippen LogP contribution in [-0.2, 0) is 11.3 Å². The summed E-state index contributed by atoms with van der Waals surface area (Å²) >= 11 is 12.0. The summed E-state index contributed by atoms with van der Waals surface area (Å²) in [5.41, 5.74) is 6.64. The van der Waals surface area contributed by atoms with Crippen LogP contribution in [0, 0.1) is 0 Å². The van der Waals surface area contributed by atoms with Gasteiger partial charge in [0, 0.05) is 10.0 Å². The van der Waals surface area contributed by atoms with E-state index in [0.717, 1.165) is 5.56 Å². The van der Waals surface area contributed by atoms with E-state index in [1.165, 1.54) is 0 Å². The highest BCUT2D eigenvalue weighted by Crippen LogP contribution is 2.25. The van der Waals surface area contributed by atoms with Crippen LogP contribution in [0.2, 0.25) is 10.0 Å². The summed E-state index contributed by atoms with van der Waals surface area (Å²) < 4.78 is 5.12. The standard InChI is InChI=1S/C16H18Cl2N4O2.HI/c1-10(13-5-4-11(17)7-14(13)18)22-16(19)21-9-15(23)20-8-12-3-2-6-24-12;/h2-7,10H,8-9H2,1H3,(H,20,23)(H3,19,21,22);1H. The zero-order chi connectivity index (χ0) is 17.5. The van der Waals surface area contributed by atoms with Gasteiger partial charge in [-0.15, -0.1) is 24.0 Å². The number of nitrogens with one attached hydrogen (secondary N) is 2. The van der Waals surface area contributed by atoms with Crippen molar-refractivity contribution >= 4 is 59.0 Å². The molecule has 1 atom stereocenters. The highest BCUT2D eigenvalue weighted by atomic mass is 127. The minimum absolute atomic E-state index is 0. The van der Waals surface area contributed by atoms with Gasteiger partial charge in [-0.05, 0) is 36.8 Å². The van der Waals surface area contributed by atoms with Gasteiger partial charge in [-0.2, -0.15) is 0 Å².